The van der Waals surface area contributed by atoms with Crippen molar-refractivity contribution >= 4 is 23.6 Å². The molecule has 0 bridgehead atoms. The Balaban J connectivity index is 1.46. The van der Waals surface area contributed by atoms with Crippen LogP contribution in [0.1, 0.15) is 62.3 Å². The maximum Gasteiger partial charge on any atom is 0.416 e. The molecule has 1 aliphatic heterocycles. The molecular weight excluding hydrogens is 587 g/mol. The number of hydrogen-bond acceptors (Lipinski definition) is 5. The molecule has 1 aliphatic rings. The number of carbonyl (C=O) groups excluding carboxylic acids is 2. The molecule has 2 amide bonds. The van der Waals surface area contributed by atoms with Gasteiger partial charge in [0.05, 0.1) is 24.5 Å². The molecule has 2 heterocycles. The highest BCUT2D eigenvalue weighted by Crippen LogP contribution is 2.31. The summed E-state index contributed by atoms with van der Waals surface area (Å²) >= 11 is 0. The van der Waals surface area contributed by atoms with Crippen LogP contribution in [0.3, 0.4) is 0 Å². The minimum atomic E-state index is -4.47. The topological polar surface area (TPSA) is 100 Å². The summed E-state index contributed by atoms with van der Waals surface area (Å²) in [6, 6.07) is 15.4. The van der Waals surface area contributed by atoms with E-state index < -0.39 is 23.6 Å². The van der Waals surface area contributed by atoms with Gasteiger partial charge in [-0.05, 0) is 71.3 Å². The number of halogens is 3. The molecular formula is C34H38F3N3O5. The zero-order chi connectivity index (χ0) is 32.8. The Labute approximate surface area is 260 Å². The molecule has 8 nitrogen and oxygen atoms in total. The van der Waals surface area contributed by atoms with Gasteiger partial charge in [0.1, 0.15) is 11.6 Å². The van der Waals surface area contributed by atoms with Gasteiger partial charge in [-0.1, -0.05) is 45.0 Å². The molecule has 0 spiro atoms. The summed E-state index contributed by atoms with van der Waals surface area (Å²) in [6.45, 7) is 6.91. The molecule has 3 aromatic rings. The number of amides is 2. The lowest BCUT2D eigenvalue weighted by molar-refractivity contribution is -0.144. The highest BCUT2D eigenvalue weighted by atomic mass is 19.4. The fourth-order valence-corrected chi connectivity index (χ4v) is 5.30. The van der Waals surface area contributed by atoms with E-state index in [9.17, 15) is 32.7 Å². The Hall–Kier alpha value is -4.41. The number of hydrogen-bond donors (Lipinski definition) is 1. The molecule has 0 saturated carbocycles. The number of fused-ring (bicyclic) bond motifs is 1. The van der Waals surface area contributed by atoms with Crippen LogP contribution in [0.15, 0.2) is 66.9 Å². The van der Waals surface area contributed by atoms with Gasteiger partial charge in [-0.3, -0.25) is 19.3 Å². The van der Waals surface area contributed by atoms with Gasteiger partial charge in [0, 0.05) is 32.3 Å². The van der Waals surface area contributed by atoms with Gasteiger partial charge in [0.25, 0.3) is 0 Å². The second kappa shape index (κ2) is 14.1. The standard InChI is InChI=1S/C34H38F3N3O5/c1-33(2,3)20-30(41)40(29-7-4-5-14-38-29)15-6-16-45-28-13-10-24-17-25(19-31(42)43)32(44)39(22-26(24)18-28)21-23-8-11-27(12-9-23)34(35,36)37/h4-5,7-14,18,25H,6,15-17,19-22H2,1-3H3,(H,42,43). The Morgan fingerprint density at radius 2 is 1.78 bits per heavy atom. The van der Waals surface area contributed by atoms with E-state index in [1.807, 2.05) is 39.0 Å². The largest absolute Gasteiger partial charge is 0.494 e. The highest BCUT2D eigenvalue weighted by Gasteiger charge is 2.33. The van der Waals surface area contributed by atoms with E-state index >= 15 is 0 Å². The number of benzene rings is 2. The van der Waals surface area contributed by atoms with E-state index in [2.05, 4.69) is 4.98 Å². The van der Waals surface area contributed by atoms with E-state index in [1.165, 1.54) is 17.0 Å². The first-order valence-electron chi connectivity index (χ1n) is 14.8. The number of carboxylic acids is 1. The van der Waals surface area contributed by atoms with Crippen molar-refractivity contribution in [2.45, 2.75) is 65.7 Å². The first kappa shape index (κ1) is 33.5. The summed E-state index contributed by atoms with van der Waals surface area (Å²) < 4.78 is 45.2. The minimum Gasteiger partial charge on any atom is -0.494 e. The highest BCUT2D eigenvalue weighted by molar-refractivity contribution is 5.92. The van der Waals surface area contributed by atoms with Gasteiger partial charge >= 0.3 is 12.1 Å². The van der Waals surface area contributed by atoms with Crippen LogP contribution in [0.4, 0.5) is 19.0 Å². The third-order valence-corrected chi connectivity index (χ3v) is 7.45. The number of ether oxygens (including phenoxy) is 1. The monoisotopic (exact) mass is 625 g/mol. The summed E-state index contributed by atoms with van der Waals surface area (Å²) in [5.74, 6) is -1.19. The van der Waals surface area contributed by atoms with Gasteiger partial charge < -0.3 is 14.7 Å². The summed E-state index contributed by atoms with van der Waals surface area (Å²) in [5, 5.41) is 9.45. The molecule has 2 aromatic carbocycles. The van der Waals surface area contributed by atoms with Crippen LogP contribution in [0.25, 0.3) is 0 Å². The van der Waals surface area contributed by atoms with Crippen molar-refractivity contribution in [3.05, 3.63) is 89.1 Å². The predicted octanol–water partition coefficient (Wildman–Crippen LogP) is 6.51. The van der Waals surface area contributed by atoms with Crippen LogP contribution in [0.2, 0.25) is 0 Å². The van der Waals surface area contributed by atoms with Crippen molar-refractivity contribution in [2.24, 2.45) is 11.3 Å². The van der Waals surface area contributed by atoms with Crippen molar-refractivity contribution in [3.8, 4) is 5.75 Å². The molecule has 45 heavy (non-hydrogen) atoms. The molecule has 1 unspecified atom stereocenters. The Morgan fingerprint density at radius 3 is 2.40 bits per heavy atom. The first-order chi connectivity index (χ1) is 21.2. The lowest BCUT2D eigenvalue weighted by Crippen LogP contribution is -2.35. The van der Waals surface area contributed by atoms with Crippen molar-refractivity contribution in [2.75, 3.05) is 18.1 Å². The quantitative estimate of drug-likeness (QED) is 0.244. The van der Waals surface area contributed by atoms with E-state index in [0.29, 0.717) is 43.1 Å². The number of nitrogens with zero attached hydrogens (tertiary/aromatic N) is 3. The molecule has 11 heteroatoms. The molecule has 0 saturated heterocycles. The Bertz CT molecular complexity index is 1490. The number of carboxylic acid groups (broad SMARTS) is 1. The van der Waals surface area contributed by atoms with Crippen LogP contribution < -0.4 is 9.64 Å². The fourth-order valence-electron chi connectivity index (χ4n) is 5.30. The van der Waals surface area contributed by atoms with Gasteiger partial charge in [0.2, 0.25) is 11.8 Å². The van der Waals surface area contributed by atoms with Gasteiger partial charge in [-0.15, -0.1) is 0 Å². The molecule has 240 valence electrons. The van der Waals surface area contributed by atoms with Gasteiger partial charge in [-0.25, -0.2) is 4.98 Å². The summed E-state index contributed by atoms with van der Waals surface area (Å²) in [6.07, 6.45) is -2.08. The van der Waals surface area contributed by atoms with E-state index in [-0.39, 0.29) is 43.2 Å². The summed E-state index contributed by atoms with van der Waals surface area (Å²) in [4.78, 5) is 45.6. The third kappa shape index (κ3) is 9.54. The minimum absolute atomic E-state index is 0.0278. The maximum atomic E-state index is 13.4. The van der Waals surface area contributed by atoms with Crippen LogP contribution in [0, 0.1) is 11.3 Å². The predicted molar refractivity (Wildman–Crippen MR) is 162 cm³/mol. The van der Waals surface area contributed by atoms with E-state index in [4.69, 9.17) is 4.74 Å². The van der Waals surface area contributed by atoms with Crippen LogP contribution in [-0.2, 0) is 40.1 Å². The lowest BCUT2D eigenvalue weighted by atomic mass is 9.91. The number of aromatic nitrogens is 1. The average molecular weight is 626 g/mol. The average Bonchev–Trinajstić information content (AvgIpc) is 3.07. The lowest BCUT2D eigenvalue weighted by Gasteiger charge is -2.26. The van der Waals surface area contributed by atoms with Crippen molar-refractivity contribution in [3.63, 3.8) is 0 Å². The molecule has 1 atom stereocenters. The Kier molecular flexibility index (Phi) is 10.5. The molecule has 1 N–H and O–H groups in total. The molecule has 1 aromatic heterocycles. The van der Waals surface area contributed by atoms with E-state index in [1.54, 1.807) is 29.3 Å². The SMILES string of the molecule is CC(C)(C)CC(=O)N(CCCOc1ccc2c(c1)CN(Cc1ccc(C(F)(F)F)cc1)C(=O)C(CC(=O)O)C2)c1ccccn1. The van der Waals surface area contributed by atoms with Crippen LogP contribution in [0.5, 0.6) is 5.75 Å². The number of pyridine rings is 1. The number of carbonyl (C=O) groups is 3. The second-order valence-electron chi connectivity index (χ2n) is 12.5. The fraction of sp³-hybridized carbons (Fsp3) is 0.412. The zero-order valence-corrected chi connectivity index (χ0v) is 25.6. The number of anilines is 1. The smallest absolute Gasteiger partial charge is 0.416 e. The molecule has 4 rings (SSSR count). The normalized spacial score (nSPS) is 15.3. The molecule has 0 fully saturated rings. The molecule has 0 radical (unpaired) electrons. The third-order valence-electron chi connectivity index (χ3n) is 7.45. The zero-order valence-electron chi connectivity index (χ0n) is 25.6. The summed E-state index contributed by atoms with van der Waals surface area (Å²) in [7, 11) is 0. The number of aliphatic carboxylic acids is 1. The summed E-state index contributed by atoms with van der Waals surface area (Å²) in [5.41, 5.74) is 1.11. The van der Waals surface area contributed by atoms with Crippen molar-refractivity contribution in [1.29, 1.82) is 0 Å². The van der Waals surface area contributed by atoms with Crippen LogP contribution >= 0.6 is 0 Å². The molecule has 0 aliphatic carbocycles. The van der Waals surface area contributed by atoms with Crippen molar-refractivity contribution in [1.82, 2.24) is 9.88 Å². The maximum absolute atomic E-state index is 13.4. The van der Waals surface area contributed by atoms with Crippen molar-refractivity contribution < 1.29 is 37.4 Å². The number of rotatable bonds is 11. The first-order valence-corrected chi connectivity index (χ1v) is 14.8. The Morgan fingerprint density at radius 1 is 1.04 bits per heavy atom. The number of alkyl halides is 3. The van der Waals surface area contributed by atoms with Gasteiger partial charge in [0.15, 0.2) is 0 Å². The second-order valence-corrected chi connectivity index (χ2v) is 12.5. The van der Waals surface area contributed by atoms with Gasteiger partial charge in [-0.2, -0.15) is 13.2 Å². The van der Waals surface area contributed by atoms with E-state index in [0.717, 1.165) is 23.3 Å². The van der Waals surface area contributed by atoms with Crippen LogP contribution in [-0.4, -0.2) is 45.9 Å².